The summed E-state index contributed by atoms with van der Waals surface area (Å²) in [4.78, 5) is 12.2. The molecule has 4 nitrogen and oxygen atoms in total. The Kier molecular flexibility index (Phi) is 5.91. The summed E-state index contributed by atoms with van der Waals surface area (Å²) in [7, 11) is 1.64. The molecule has 0 unspecified atom stereocenters. The molecule has 2 N–H and O–H groups in total. The maximum absolute atomic E-state index is 12.2. The average Bonchev–Trinajstić information content (AvgIpc) is 2.66. The largest absolute Gasteiger partial charge is 0.496 e. The Labute approximate surface area is 161 Å². The lowest BCUT2D eigenvalue weighted by atomic mass is 10.1. The Hall–Kier alpha value is -2.37. The van der Waals surface area contributed by atoms with Crippen molar-refractivity contribution in [1.82, 2.24) is 5.32 Å². The van der Waals surface area contributed by atoms with Crippen molar-refractivity contribution < 1.29 is 9.53 Å². The Morgan fingerprint density at radius 1 is 1.08 bits per heavy atom. The molecule has 0 aliphatic carbocycles. The molecule has 0 saturated heterocycles. The van der Waals surface area contributed by atoms with Gasteiger partial charge in [0, 0.05) is 11.7 Å². The minimum absolute atomic E-state index is 0.0413. The van der Waals surface area contributed by atoms with E-state index in [1.54, 1.807) is 7.11 Å². The maximum atomic E-state index is 12.2. The fourth-order valence-corrected chi connectivity index (χ4v) is 3.35. The third-order valence-corrected chi connectivity index (χ3v) is 4.90. The van der Waals surface area contributed by atoms with Crippen LogP contribution in [0.3, 0.4) is 0 Å². The first-order valence-electron chi connectivity index (χ1n) is 8.42. The van der Waals surface area contributed by atoms with E-state index in [9.17, 15) is 4.79 Å². The highest BCUT2D eigenvalue weighted by atomic mass is 79.9. The molecule has 1 amide bonds. The Bertz CT molecular complexity index is 927. The van der Waals surface area contributed by atoms with Gasteiger partial charge in [-0.2, -0.15) is 0 Å². The fraction of sp³-hybridized carbons (Fsp3) is 0.190. The number of amides is 1. The van der Waals surface area contributed by atoms with Crippen LogP contribution in [-0.2, 0) is 4.79 Å². The number of hydrogen-bond acceptors (Lipinski definition) is 3. The van der Waals surface area contributed by atoms with Crippen LogP contribution in [0.2, 0.25) is 0 Å². The molecule has 0 spiro atoms. The lowest BCUT2D eigenvalue weighted by Crippen LogP contribution is -2.30. The smallest absolute Gasteiger partial charge is 0.238 e. The van der Waals surface area contributed by atoms with Crippen LogP contribution in [0.4, 0.5) is 5.69 Å². The van der Waals surface area contributed by atoms with Crippen molar-refractivity contribution in [3.63, 3.8) is 0 Å². The van der Waals surface area contributed by atoms with E-state index in [0.717, 1.165) is 32.2 Å². The molecule has 0 radical (unpaired) electrons. The zero-order valence-electron chi connectivity index (χ0n) is 14.8. The minimum atomic E-state index is -0.0697. The van der Waals surface area contributed by atoms with E-state index in [4.69, 9.17) is 4.74 Å². The minimum Gasteiger partial charge on any atom is -0.496 e. The van der Waals surface area contributed by atoms with Gasteiger partial charge in [0.15, 0.2) is 0 Å². The predicted molar refractivity (Wildman–Crippen MR) is 110 cm³/mol. The maximum Gasteiger partial charge on any atom is 0.238 e. The van der Waals surface area contributed by atoms with Gasteiger partial charge in [0.2, 0.25) is 5.91 Å². The molecule has 0 heterocycles. The summed E-state index contributed by atoms with van der Waals surface area (Å²) in [5.41, 5.74) is 1.88. The summed E-state index contributed by atoms with van der Waals surface area (Å²) in [6, 6.07) is 19.9. The third kappa shape index (κ3) is 4.42. The van der Waals surface area contributed by atoms with Crippen molar-refractivity contribution in [2.75, 3.05) is 19.0 Å². The van der Waals surface area contributed by atoms with Crippen LogP contribution in [-0.4, -0.2) is 19.6 Å². The molecule has 0 aromatic heterocycles. The van der Waals surface area contributed by atoms with E-state index in [-0.39, 0.29) is 18.5 Å². The number of nitrogens with one attached hydrogen (secondary N) is 2. The highest BCUT2D eigenvalue weighted by molar-refractivity contribution is 9.10. The molecule has 0 aliphatic rings. The van der Waals surface area contributed by atoms with Crippen molar-refractivity contribution in [3.05, 3.63) is 70.7 Å². The highest BCUT2D eigenvalue weighted by Crippen LogP contribution is 2.28. The Morgan fingerprint density at radius 2 is 1.85 bits per heavy atom. The van der Waals surface area contributed by atoms with Gasteiger partial charge in [-0.1, -0.05) is 36.4 Å². The number of fused-ring (bicyclic) bond motifs is 1. The van der Waals surface area contributed by atoms with Gasteiger partial charge < -0.3 is 15.4 Å². The fourth-order valence-electron chi connectivity index (χ4n) is 2.79. The van der Waals surface area contributed by atoms with Crippen molar-refractivity contribution in [3.8, 4) is 5.75 Å². The van der Waals surface area contributed by atoms with Crippen LogP contribution < -0.4 is 15.4 Å². The van der Waals surface area contributed by atoms with Crippen molar-refractivity contribution in [1.29, 1.82) is 0 Å². The van der Waals surface area contributed by atoms with Crippen LogP contribution in [0.5, 0.6) is 5.75 Å². The Morgan fingerprint density at radius 3 is 2.58 bits per heavy atom. The van der Waals surface area contributed by atoms with Crippen LogP contribution in [0.25, 0.3) is 10.8 Å². The first-order chi connectivity index (χ1) is 12.6. The molecule has 26 heavy (non-hydrogen) atoms. The van der Waals surface area contributed by atoms with E-state index in [1.807, 2.05) is 61.5 Å². The summed E-state index contributed by atoms with van der Waals surface area (Å²) >= 11 is 3.49. The molecule has 0 fully saturated rings. The van der Waals surface area contributed by atoms with E-state index >= 15 is 0 Å². The van der Waals surface area contributed by atoms with Gasteiger partial charge in [0.1, 0.15) is 5.75 Å². The molecule has 0 bridgehead atoms. The van der Waals surface area contributed by atoms with Gasteiger partial charge in [-0.05, 0) is 63.5 Å². The first-order valence-corrected chi connectivity index (χ1v) is 9.21. The Balaban J connectivity index is 1.58. The van der Waals surface area contributed by atoms with E-state index in [0.29, 0.717) is 0 Å². The number of carbonyl (C=O) groups is 1. The average molecular weight is 413 g/mol. The summed E-state index contributed by atoms with van der Waals surface area (Å²) in [6.45, 7) is 2.26. The van der Waals surface area contributed by atoms with Crippen LogP contribution in [0, 0.1) is 0 Å². The van der Waals surface area contributed by atoms with Gasteiger partial charge >= 0.3 is 0 Å². The number of halogens is 1. The van der Waals surface area contributed by atoms with E-state index in [1.165, 1.54) is 0 Å². The number of carbonyl (C=O) groups excluding carboxylic acids is 1. The van der Waals surface area contributed by atoms with Gasteiger partial charge in [0.05, 0.1) is 18.1 Å². The van der Waals surface area contributed by atoms with E-state index in [2.05, 4.69) is 32.6 Å². The van der Waals surface area contributed by atoms with Gasteiger partial charge in [0.25, 0.3) is 0 Å². The lowest BCUT2D eigenvalue weighted by molar-refractivity contribution is -0.115. The standard InChI is InChI=1S/C21H21BrN2O2/c1-14(16-8-10-20(26-2)19(22)12-16)23-13-21(25)24-18-9-7-15-5-3-4-6-17(15)11-18/h3-12,14,23H,13H2,1-2H3,(H,24,25)/t14-/m1/s1. The molecule has 3 aromatic rings. The normalized spacial score (nSPS) is 12.0. The number of anilines is 1. The second kappa shape index (κ2) is 8.34. The molecule has 3 aromatic carbocycles. The second-order valence-electron chi connectivity index (χ2n) is 6.11. The summed E-state index contributed by atoms with van der Waals surface area (Å²) in [5.74, 6) is 0.717. The molecule has 3 rings (SSSR count). The number of benzene rings is 3. The SMILES string of the molecule is COc1ccc([C@@H](C)NCC(=O)Nc2ccc3ccccc3c2)cc1Br. The van der Waals surface area contributed by atoms with E-state index < -0.39 is 0 Å². The quantitative estimate of drug-likeness (QED) is 0.605. The zero-order valence-corrected chi connectivity index (χ0v) is 16.3. The number of rotatable bonds is 6. The van der Waals surface area contributed by atoms with Gasteiger partial charge in [-0.15, -0.1) is 0 Å². The third-order valence-electron chi connectivity index (χ3n) is 4.28. The molecular formula is C21H21BrN2O2. The lowest BCUT2D eigenvalue weighted by Gasteiger charge is -2.15. The first kappa shape index (κ1) is 18.4. The summed E-state index contributed by atoms with van der Waals surface area (Å²) < 4.78 is 6.14. The van der Waals surface area contributed by atoms with Crippen molar-refractivity contribution >= 4 is 38.3 Å². The topological polar surface area (TPSA) is 50.4 Å². The van der Waals surface area contributed by atoms with Gasteiger partial charge in [-0.25, -0.2) is 0 Å². The summed E-state index contributed by atoms with van der Waals surface area (Å²) in [5, 5.41) is 8.45. The molecule has 0 aliphatic heterocycles. The molecule has 5 heteroatoms. The van der Waals surface area contributed by atoms with Gasteiger partial charge in [-0.3, -0.25) is 4.79 Å². The number of methoxy groups -OCH3 is 1. The molecule has 134 valence electrons. The van der Waals surface area contributed by atoms with Crippen molar-refractivity contribution in [2.24, 2.45) is 0 Å². The highest BCUT2D eigenvalue weighted by Gasteiger charge is 2.10. The number of ether oxygens (including phenoxy) is 1. The van der Waals surface area contributed by atoms with Crippen LogP contribution in [0.15, 0.2) is 65.1 Å². The van der Waals surface area contributed by atoms with Crippen LogP contribution in [0.1, 0.15) is 18.5 Å². The zero-order chi connectivity index (χ0) is 18.5. The number of hydrogen-bond donors (Lipinski definition) is 2. The molecule has 1 atom stereocenters. The monoisotopic (exact) mass is 412 g/mol. The predicted octanol–water partition coefficient (Wildman–Crippen LogP) is 4.90. The second-order valence-corrected chi connectivity index (χ2v) is 6.96. The molecular weight excluding hydrogens is 392 g/mol. The van der Waals surface area contributed by atoms with Crippen molar-refractivity contribution in [2.45, 2.75) is 13.0 Å². The molecule has 0 saturated carbocycles. The van der Waals surface area contributed by atoms with Crippen LogP contribution >= 0.6 is 15.9 Å². The summed E-state index contributed by atoms with van der Waals surface area (Å²) in [6.07, 6.45) is 0.